The number of piperidine rings is 1. The van der Waals surface area contributed by atoms with Crippen LogP contribution in [0.3, 0.4) is 0 Å². The number of nitrogens with zero attached hydrogens (tertiary/aromatic N) is 1. The average Bonchev–Trinajstić information content (AvgIpc) is 2.32. The normalized spacial score (nSPS) is 16.3. The van der Waals surface area contributed by atoms with Gasteiger partial charge in [-0.15, -0.1) is 12.4 Å². The van der Waals surface area contributed by atoms with Crippen molar-refractivity contribution in [1.29, 1.82) is 0 Å². The Morgan fingerprint density at radius 1 is 1.39 bits per heavy atom. The van der Waals surface area contributed by atoms with Gasteiger partial charge in [-0.2, -0.15) is 0 Å². The first-order valence-corrected chi connectivity index (χ1v) is 6.97. The largest absolute Gasteiger partial charge is 0.338 e. The van der Waals surface area contributed by atoms with Crippen molar-refractivity contribution in [3.05, 3.63) is 32.9 Å². The highest BCUT2D eigenvalue weighted by molar-refractivity contribution is 14.1. The van der Waals surface area contributed by atoms with Gasteiger partial charge in [0.05, 0.1) is 5.56 Å². The Morgan fingerprint density at radius 2 is 2.00 bits per heavy atom. The molecule has 2 N–H and O–H groups in total. The molecule has 3 nitrogen and oxygen atoms in total. The lowest BCUT2D eigenvalue weighted by Gasteiger charge is -2.30. The van der Waals surface area contributed by atoms with Crippen LogP contribution in [0.2, 0.25) is 0 Å². The van der Waals surface area contributed by atoms with Gasteiger partial charge in [-0.1, -0.05) is 11.6 Å². The summed E-state index contributed by atoms with van der Waals surface area (Å²) in [6.07, 6.45) is 1.82. The number of carbonyl (C=O) groups is 1. The molecule has 5 heteroatoms. The molecule has 100 valence electrons. The summed E-state index contributed by atoms with van der Waals surface area (Å²) in [6, 6.07) is 6.26. The first kappa shape index (κ1) is 15.7. The smallest absolute Gasteiger partial charge is 0.254 e. The summed E-state index contributed by atoms with van der Waals surface area (Å²) in [7, 11) is 0. The standard InChI is InChI=1S/C13H17IN2O.ClH/c1-9-2-3-12(14)11(8-9)13(17)16-6-4-10(15)5-7-16;/h2-3,8,10H,4-7,15H2,1H3;1H. The number of halogens is 2. The zero-order valence-corrected chi connectivity index (χ0v) is 13.3. The molecule has 0 saturated carbocycles. The summed E-state index contributed by atoms with van der Waals surface area (Å²) in [4.78, 5) is 14.3. The number of likely N-dealkylation sites (tertiary alicyclic amines) is 1. The Bertz CT molecular complexity index is 431. The molecule has 1 aliphatic rings. The van der Waals surface area contributed by atoms with Crippen LogP contribution in [-0.2, 0) is 0 Å². The van der Waals surface area contributed by atoms with Crippen LogP contribution in [0.15, 0.2) is 18.2 Å². The number of rotatable bonds is 1. The molecule has 1 saturated heterocycles. The fraction of sp³-hybridized carbons (Fsp3) is 0.462. The third-order valence-electron chi connectivity index (χ3n) is 3.18. The van der Waals surface area contributed by atoms with Crippen molar-refractivity contribution in [3.8, 4) is 0 Å². The second-order valence-electron chi connectivity index (χ2n) is 4.61. The molecule has 1 amide bonds. The maximum Gasteiger partial charge on any atom is 0.254 e. The number of benzene rings is 1. The van der Waals surface area contributed by atoms with Gasteiger partial charge in [0.25, 0.3) is 5.91 Å². The highest BCUT2D eigenvalue weighted by atomic mass is 127. The third kappa shape index (κ3) is 3.59. The van der Waals surface area contributed by atoms with Gasteiger partial charge in [0.1, 0.15) is 0 Å². The van der Waals surface area contributed by atoms with Gasteiger partial charge in [-0.05, 0) is 54.5 Å². The lowest BCUT2D eigenvalue weighted by Crippen LogP contribution is -2.43. The zero-order valence-electron chi connectivity index (χ0n) is 10.4. The molecule has 0 aromatic heterocycles. The lowest BCUT2D eigenvalue weighted by molar-refractivity contribution is 0.0713. The Kier molecular flexibility index (Phi) is 5.88. The van der Waals surface area contributed by atoms with E-state index in [1.54, 1.807) is 0 Å². The molecule has 18 heavy (non-hydrogen) atoms. The van der Waals surface area contributed by atoms with E-state index in [2.05, 4.69) is 22.6 Å². The van der Waals surface area contributed by atoms with Gasteiger partial charge in [-0.25, -0.2) is 0 Å². The van der Waals surface area contributed by atoms with E-state index >= 15 is 0 Å². The van der Waals surface area contributed by atoms with Crippen molar-refractivity contribution in [2.75, 3.05) is 13.1 Å². The fourth-order valence-corrected chi connectivity index (χ4v) is 2.64. The summed E-state index contributed by atoms with van der Waals surface area (Å²) < 4.78 is 1.02. The van der Waals surface area contributed by atoms with E-state index in [1.165, 1.54) is 0 Å². The molecule has 0 aliphatic carbocycles. The van der Waals surface area contributed by atoms with E-state index in [0.29, 0.717) is 0 Å². The first-order chi connectivity index (χ1) is 8.08. The molecule has 1 aromatic rings. The summed E-state index contributed by atoms with van der Waals surface area (Å²) in [5, 5.41) is 0. The maximum atomic E-state index is 12.4. The van der Waals surface area contributed by atoms with Crippen LogP contribution in [0.25, 0.3) is 0 Å². The van der Waals surface area contributed by atoms with Crippen molar-refractivity contribution in [2.24, 2.45) is 5.73 Å². The molecule has 0 unspecified atom stereocenters. The molecular weight excluding hydrogens is 363 g/mol. The number of amides is 1. The van der Waals surface area contributed by atoms with Crippen LogP contribution < -0.4 is 5.73 Å². The molecular formula is C13H18ClIN2O. The van der Waals surface area contributed by atoms with Gasteiger partial charge in [-0.3, -0.25) is 4.79 Å². The molecule has 1 fully saturated rings. The summed E-state index contributed by atoms with van der Waals surface area (Å²) in [5.74, 6) is 0.144. The van der Waals surface area contributed by atoms with Crippen molar-refractivity contribution in [2.45, 2.75) is 25.8 Å². The molecule has 2 rings (SSSR count). The third-order valence-corrected chi connectivity index (χ3v) is 4.12. The Morgan fingerprint density at radius 3 is 2.61 bits per heavy atom. The number of hydrogen-bond donors (Lipinski definition) is 1. The molecule has 0 radical (unpaired) electrons. The summed E-state index contributed by atoms with van der Waals surface area (Å²) in [6.45, 7) is 3.58. The highest BCUT2D eigenvalue weighted by Crippen LogP contribution is 2.18. The Hall–Kier alpha value is -0.330. The Labute approximate surface area is 128 Å². The van der Waals surface area contributed by atoms with Crippen LogP contribution in [0.4, 0.5) is 0 Å². The summed E-state index contributed by atoms with van der Waals surface area (Å²) in [5.41, 5.74) is 7.80. The number of carbonyl (C=O) groups excluding carboxylic acids is 1. The maximum absolute atomic E-state index is 12.4. The first-order valence-electron chi connectivity index (χ1n) is 5.89. The minimum absolute atomic E-state index is 0. The van der Waals surface area contributed by atoms with E-state index in [0.717, 1.165) is 40.6 Å². The number of nitrogens with two attached hydrogens (primary N) is 1. The van der Waals surface area contributed by atoms with Gasteiger partial charge in [0.15, 0.2) is 0 Å². The Balaban J connectivity index is 0.00000162. The fourth-order valence-electron chi connectivity index (χ4n) is 2.08. The van der Waals surface area contributed by atoms with Crippen LogP contribution in [-0.4, -0.2) is 29.9 Å². The second-order valence-corrected chi connectivity index (χ2v) is 5.78. The SMILES string of the molecule is Cc1ccc(I)c(C(=O)N2CCC(N)CC2)c1.Cl. The minimum atomic E-state index is 0. The van der Waals surface area contributed by atoms with E-state index in [9.17, 15) is 4.79 Å². The molecule has 0 bridgehead atoms. The monoisotopic (exact) mass is 380 g/mol. The quantitative estimate of drug-likeness (QED) is 0.761. The molecule has 1 aliphatic heterocycles. The van der Waals surface area contributed by atoms with Crippen LogP contribution in [0.1, 0.15) is 28.8 Å². The lowest BCUT2D eigenvalue weighted by atomic mass is 10.0. The predicted octanol–water partition coefficient (Wildman–Crippen LogP) is 2.58. The average molecular weight is 381 g/mol. The highest BCUT2D eigenvalue weighted by Gasteiger charge is 2.22. The van der Waals surface area contributed by atoms with E-state index in [-0.39, 0.29) is 24.4 Å². The van der Waals surface area contributed by atoms with Gasteiger partial charge < -0.3 is 10.6 Å². The predicted molar refractivity (Wildman–Crippen MR) is 84.3 cm³/mol. The molecule has 1 heterocycles. The van der Waals surface area contributed by atoms with E-state index in [1.807, 2.05) is 30.0 Å². The summed E-state index contributed by atoms with van der Waals surface area (Å²) >= 11 is 2.22. The number of hydrogen-bond acceptors (Lipinski definition) is 2. The van der Waals surface area contributed by atoms with Crippen LogP contribution in [0.5, 0.6) is 0 Å². The molecule has 0 spiro atoms. The van der Waals surface area contributed by atoms with E-state index < -0.39 is 0 Å². The van der Waals surface area contributed by atoms with Crippen molar-refractivity contribution < 1.29 is 4.79 Å². The minimum Gasteiger partial charge on any atom is -0.338 e. The van der Waals surface area contributed by atoms with Crippen molar-refractivity contribution >= 4 is 40.9 Å². The van der Waals surface area contributed by atoms with Crippen molar-refractivity contribution in [3.63, 3.8) is 0 Å². The van der Waals surface area contributed by atoms with Gasteiger partial charge >= 0.3 is 0 Å². The zero-order chi connectivity index (χ0) is 12.4. The molecule has 0 atom stereocenters. The van der Waals surface area contributed by atoms with Crippen LogP contribution >= 0.6 is 35.0 Å². The van der Waals surface area contributed by atoms with E-state index in [4.69, 9.17) is 5.73 Å². The molecule has 1 aromatic carbocycles. The topological polar surface area (TPSA) is 46.3 Å². The van der Waals surface area contributed by atoms with Gasteiger partial charge in [0.2, 0.25) is 0 Å². The van der Waals surface area contributed by atoms with Gasteiger partial charge in [0, 0.05) is 22.7 Å². The van der Waals surface area contributed by atoms with Crippen molar-refractivity contribution in [1.82, 2.24) is 4.90 Å². The van der Waals surface area contributed by atoms with Crippen LogP contribution in [0, 0.1) is 10.5 Å². The number of aryl methyl sites for hydroxylation is 1. The second kappa shape index (κ2) is 6.73.